The van der Waals surface area contributed by atoms with Gasteiger partial charge in [-0.2, -0.15) is 0 Å². The number of anilines is 1. The SMILES string of the molecule is COc1cccc(C2/C(=C(\O)c3ccc4c(c3)CC(C)O4)C(=O)C(=O)N2c2nccs2)c1. The lowest BCUT2D eigenvalue weighted by Gasteiger charge is -2.23. The van der Waals surface area contributed by atoms with Crippen molar-refractivity contribution < 1.29 is 24.2 Å². The average Bonchev–Trinajstić information content (AvgIpc) is 3.51. The van der Waals surface area contributed by atoms with E-state index in [9.17, 15) is 14.7 Å². The van der Waals surface area contributed by atoms with E-state index in [1.165, 1.54) is 16.2 Å². The Morgan fingerprint density at radius 1 is 1.25 bits per heavy atom. The molecule has 2 atom stereocenters. The first-order chi connectivity index (χ1) is 15.5. The van der Waals surface area contributed by atoms with Crippen LogP contribution in [0.4, 0.5) is 5.13 Å². The third-order valence-electron chi connectivity index (χ3n) is 5.65. The number of hydrogen-bond acceptors (Lipinski definition) is 7. The summed E-state index contributed by atoms with van der Waals surface area (Å²) in [5, 5.41) is 13.4. The third-order valence-corrected chi connectivity index (χ3v) is 6.42. The Bertz CT molecular complexity index is 1250. The van der Waals surface area contributed by atoms with Crippen molar-refractivity contribution >= 4 is 33.9 Å². The summed E-state index contributed by atoms with van der Waals surface area (Å²) in [5.41, 5.74) is 2.07. The Kier molecular flexibility index (Phi) is 4.94. The van der Waals surface area contributed by atoms with E-state index in [2.05, 4.69) is 4.98 Å². The van der Waals surface area contributed by atoms with Crippen LogP contribution < -0.4 is 14.4 Å². The van der Waals surface area contributed by atoms with E-state index in [0.717, 1.165) is 11.3 Å². The molecule has 3 aromatic rings. The Balaban J connectivity index is 1.69. The fraction of sp³-hybridized carbons (Fsp3) is 0.208. The molecule has 1 amide bonds. The molecule has 1 saturated heterocycles. The van der Waals surface area contributed by atoms with Gasteiger partial charge in [-0.3, -0.25) is 14.5 Å². The van der Waals surface area contributed by atoms with Gasteiger partial charge in [0, 0.05) is 23.6 Å². The minimum Gasteiger partial charge on any atom is -0.507 e. The van der Waals surface area contributed by atoms with E-state index < -0.39 is 17.7 Å². The van der Waals surface area contributed by atoms with Crippen LogP contribution in [0.1, 0.15) is 29.7 Å². The summed E-state index contributed by atoms with van der Waals surface area (Å²) in [7, 11) is 1.55. The summed E-state index contributed by atoms with van der Waals surface area (Å²) in [5.74, 6) is -0.363. The number of Topliss-reactive ketones (excluding diaryl/α,β-unsaturated/α-hetero) is 1. The van der Waals surface area contributed by atoms with Gasteiger partial charge in [0.05, 0.1) is 18.7 Å². The molecule has 7 nitrogen and oxygen atoms in total. The van der Waals surface area contributed by atoms with Crippen LogP contribution in [0.15, 0.2) is 59.6 Å². The third kappa shape index (κ3) is 3.23. The van der Waals surface area contributed by atoms with E-state index in [1.807, 2.05) is 13.0 Å². The smallest absolute Gasteiger partial charge is 0.301 e. The molecular weight excluding hydrogens is 428 g/mol. The van der Waals surface area contributed by atoms with E-state index in [1.54, 1.807) is 55.1 Å². The number of benzene rings is 2. The van der Waals surface area contributed by atoms with Crippen LogP contribution in [0.25, 0.3) is 5.76 Å². The molecule has 0 saturated carbocycles. The molecular formula is C24H20N2O5S. The maximum Gasteiger partial charge on any atom is 0.301 e. The predicted octanol–water partition coefficient (Wildman–Crippen LogP) is 4.10. The molecule has 162 valence electrons. The molecule has 2 aliphatic rings. The first kappa shape index (κ1) is 20.3. The number of ether oxygens (including phenoxy) is 2. The van der Waals surface area contributed by atoms with Gasteiger partial charge < -0.3 is 14.6 Å². The van der Waals surface area contributed by atoms with Crippen molar-refractivity contribution in [3.05, 3.63) is 76.3 Å². The number of fused-ring (bicyclic) bond motifs is 1. The number of aromatic nitrogens is 1. The van der Waals surface area contributed by atoms with E-state index in [4.69, 9.17) is 9.47 Å². The molecule has 2 aromatic carbocycles. The number of nitrogens with zero attached hydrogens (tertiary/aromatic N) is 2. The topological polar surface area (TPSA) is 89.0 Å². The molecule has 1 fully saturated rings. The fourth-order valence-electron chi connectivity index (χ4n) is 4.22. The van der Waals surface area contributed by atoms with Crippen LogP contribution in [-0.2, 0) is 16.0 Å². The number of aliphatic hydroxyl groups excluding tert-OH is 1. The van der Waals surface area contributed by atoms with Gasteiger partial charge in [-0.15, -0.1) is 11.3 Å². The lowest BCUT2D eigenvalue weighted by atomic mass is 9.94. The van der Waals surface area contributed by atoms with Crippen molar-refractivity contribution in [2.45, 2.75) is 25.5 Å². The minimum atomic E-state index is -0.834. The van der Waals surface area contributed by atoms with Crippen LogP contribution in [0.3, 0.4) is 0 Å². The van der Waals surface area contributed by atoms with Crippen LogP contribution >= 0.6 is 11.3 Å². The molecule has 2 aliphatic heterocycles. The molecule has 5 rings (SSSR count). The van der Waals surface area contributed by atoms with Crippen LogP contribution in [0.5, 0.6) is 11.5 Å². The second-order valence-electron chi connectivity index (χ2n) is 7.72. The summed E-state index contributed by atoms with van der Waals surface area (Å²) in [6.45, 7) is 1.97. The maximum absolute atomic E-state index is 13.2. The molecule has 2 unspecified atom stereocenters. The normalized spacial score (nSPS) is 21.5. The van der Waals surface area contributed by atoms with E-state index in [-0.39, 0.29) is 17.4 Å². The zero-order valence-electron chi connectivity index (χ0n) is 17.4. The highest BCUT2D eigenvalue weighted by molar-refractivity contribution is 7.14. The summed E-state index contributed by atoms with van der Waals surface area (Å²) in [6, 6.07) is 11.6. The number of amides is 1. The lowest BCUT2D eigenvalue weighted by molar-refractivity contribution is -0.132. The van der Waals surface area contributed by atoms with Crippen molar-refractivity contribution in [2.75, 3.05) is 12.0 Å². The van der Waals surface area contributed by atoms with E-state index in [0.29, 0.717) is 28.4 Å². The number of thiazole rings is 1. The molecule has 8 heteroatoms. The van der Waals surface area contributed by atoms with Crippen molar-refractivity contribution in [3.8, 4) is 11.5 Å². The zero-order valence-corrected chi connectivity index (χ0v) is 18.3. The predicted molar refractivity (Wildman–Crippen MR) is 120 cm³/mol. The molecule has 1 N–H and O–H groups in total. The summed E-state index contributed by atoms with van der Waals surface area (Å²) < 4.78 is 11.1. The second-order valence-corrected chi connectivity index (χ2v) is 8.59. The molecule has 0 radical (unpaired) electrons. The van der Waals surface area contributed by atoms with Gasteiger partial charge in [0.2, 0.25) is 0 Å². The largest absolute Gasteiger partial charge is 0.507 e. The standard InChI is InChI=1S/C24H20N2O5S/c1-13-10-16-11-15(6-7-18(16)31-13)21(27)19-20(14-4-3-5-17(12-14)30-2)26(23(29)22(19)28)24-25-8-9-32-24/h3-9,11-13,20,27H,10H2,1-2H3/b21-19+. The summed E-state index contributed by atoms with van der Waals surface area (Å²) >= 11 is 1.25. The number of carbonyl (C=O) groups excluding carboxylic acids is 2. The van der Waals surface area contributed by atoms with Gasteiger partial charge in [-0.25, -0.2) is 4.98 Å². The van der Waals surface area contributed by atoms with Gasteiger partial charge in [0.1, 0.15) is 23.4 Å². The number of hydrogen-bond donors (Lipinski definition) is 1. The number of rotatable bonds is 4. The van der Waals surface area contributed by atoms with Crippen LogP contribution in [0.2, 0.25) is 0 Å². The van der Waals surface area contributed by atoms with Gasteiger partial charge in [0.25, 0.3) is 5.78 Å². The van der Waals surface area contributed by atoms with Crippen molar-refractivity contribution in [1.82, 2.24) is 4.98 Å². The lowest BCUT2D eigenvalue weighted by Crippen LogP contribution is -2.29. The average molecular weight is 449 g/mol. The minimum absolute atomic E-state index is 0.0189. The highest BCUT2D eigenvalue weighted by Crippen LogP contribution is 2.43. The highest BCUT2D eigenvalue weighted by Gasteiger charge is 2.48. The number of ketones is 1. The van der Waals surface area contributed by atoms with Gasteiger partial charge in [0.15, 0.2) is 5.13 Å². The molecule has 0 aliphatic carbocycles. The maximum atomic E-state index is 13.2. The molecule has 0 bridgehead atoms. The number of aliphatic hydroxyl groups is 1. The Morgan fingerprint density at radius 2 is 2.09 bits per heavy atom. The first-order valence-corrected chi connectivity index (χ1v) is 11.0. The fourth-order valence-corrected chi connectivity index (χ4v) is 4.88. The Labute approximate surface area is 188 Å². The summed E-state index contributed by atoms with van der Waals surface area (Å²) in [4.78, 5) is 31.8. The van der Waals surface area contributed by atoms with Gasteiger partial charge in [-0.1, -0.05) is 12.1 Å². The van der Waals surface area contributed by atoms with E-state index >= 15 is 0 Å². The summed E-state index contributed by atoms with van der Waals surface area (Å²) in [6.07, 6.45) is 2.34. The number of methoxy groups -OCH3 is 1. The van der Waals surface area contributed by atoms with Crippen LogP contribution in [0, 0.1) is 0 Å². The van der Waals surface area contributed by atoms with Gasteiger partial charge in [-0.05, 0) is 48.4 Å². The number of carbonyl (C=O) groups is 2. The molecule has 1 aromatic heterocycles. The quantitative estimate of drug-likeness (QED) is 0.367. The Morgan fingerprint density at radius 3 is 2.84 bits per heavy atom. The Hall–Kier alpha value is -3.65. The monoisotopic (exact) mass is 448 g/mol. The highest BCUT2D eigenvalue weighted by atomic mass is 32.1. The van der Waals surface area contributed by atoms with Crippen molar-refractivity contribution in [2.24, 2.45) is 0 Å². The van der Waals surface area contributed by atoms with Crippen LogP contribution in [-0.4, -0.2) is 35.0 Å². The second kappa shape index (κ2) is 7.80. The van der Waals surface area contributed by atoms with Crippen molar-refractivity contribution in [1.29, 1.82) is 0 Å². The zero-order chi connectivity index (χ0) is 22.4. The van der Waals surface area contributed by atoms with Gasteiger partial charge >= 0.3 is 5.91 Å². The van der Waals surface area contributed by atoms with Crippen molar-refractivity contribution in [3.63, 3.8) is 0 Å². The first-order valence-electron chi connectivity index (χ1n) is 10.1. The molecule has 32 heavy (non-hydrogen) atoms. The molecule has 0 spiro atoms. The molecule has 3 heterocycles.